The summed E-state index contributed by atoms with van der Waals surface area (Å²) in [6.45, 7) is 0.325. The molecule has 0 amide bonds. The third-order valence-electron chi connectivity index (χ3n) is 3.74. The molecule has 0 aliphatic carbocycles. The van der Waals surface area contributed by atoms with Crippen molar-refractivity contribution in [3.63, 3.8) is 0 Å². The fourth-order valence-electron chi connectivity index (χ4n) is 2.73. The van der Waals surface area contributed by atoms with Gasteiger partial charge in [-0.25, -0.2) is 4.98 Å². The number of fused-ring (bicyclic) bond motifs is 3. The maximum absolute atomic E-state index is 8.98. The van der Waals surface area contributed by atoms with Crippen molar-refractivity contribution in [1.29, 1.82) is 5.26 Å². The van der Waals surface area contributed by atoms with Crippen LogP contribution in [0.3, 0.4) is 0 Å². The number of benzene rings is 2. The lowest BCUT2D eigenvalue weighted by molar-refractivity contribution is 0.231. The van der Waals surface area contributed by atoms with E-state index >= 15 is 0 Å². The molecule has 2 aromatic carbocycles. The van der Waals surface area contributed by atoms with Gasteiger partial charge in [-0.3, -0.25) is 4.57 Å². The van der Waals surface area contributed by atoms with Gasteiger partial charge in [-0.05, 0) is 23.8 Å². The molecule has 0 saturated carbocycles. The standard InChI is InChI=1S/C17H10BN3O/c18-16-15(12-4-2-1-3-5-12)21-10-22-14-8-11(9-19)6-7-13(14)17(21)20-16/h1-8H,10H2. The third kappa shape index (κ3) is 1.81. The molecule has 0 unspecified atom stereocenters. The molecule has 22 heavy (non-hydrogen) atoms. The van der Waals surface area contributed by atoms with Crippen LogP contribution in [0.15, 0.2) is 48.5 Å². The number of nitrogens with zero attached hydrogens (tertiary/aromatic N) is 3. The summed E-state index contributed by atoms with van der Waals surface area (Å²) in [6.07, 6.45) is 0. The van der Waals surface area contributed by atoms with Crippen LogP contribution in [-0.4, -0.2) is 17.4 Å². The summed E-state index contributed by atoms with van der Waals surface area (Å²) < 4.78 is 7.74. The molecule has 1 aromatic heterocycles. The minimum absolute atomic E-state index is 0.325. The highest BCUT2D eigenvalue weighted by Crippen LogP contribution is 2.36. The highest BCUT2D eigenvalue weighted by molar-refractivity contribution is 6.34. The predicted octanol–water partition coefficient (Wildman–Crippen LogP) is 2.23. The van der Waals surface area contributed by atoms with Crippen LogP contribution in [0.25, 0.3) is 22.6 Å². The van der Waals surface area contributed by atoms with Gasteiger partial charge >= 0.3 is 0 Å². The van der Waals surface area contributed by atoms with Crippen LogP contribution in [0, 0.1) is 11.3 Å². The molecule has 5 heteroatoms. The Morgan fingerprint density at radius 3 is 2.77 bits per heavy atom. The van der Waals surface area contributed by atoms with Crippen molar-refractivity contribution in [2.24, 2.45) is 0 Å². The van der Waals surface area contributed by atoms with Gasteiger partial charge in [0.15, 0.2) is 6.73 Å². The Hall–Kier alpha value is -3.00. The number of hydrogen-bond donors (Lipinski definition) is 0. The quantitative estimate of drug-likeness (QED) is 0.643. The van der Waals surface area contributed by atoms with Crippen molar-refractivity contribution >= 4 is 13.4 Å². The molecule has 1 aliphatic heterocycles. The molecule has 0 saturated heterocycles. The van der Waals surface area contributed by atoms with Crippen LogP contribution in [-0.2, 0) is 6.73 Å². The smallest absolute Gasteiger partial charge is 0.166 e. The van der Waals surface area contributed by atoms with Crippen molar-refractivity contribution in [2.75, 3.05) is 0 Å². The molecule has 4 nitrogen and oxygen atoms in total. The lowest BCUT2D eigenvalue weighted by Crippen LogP contribution is -2.15. The molecule has 3 aromatic rings. The third-order valence-corrected chi connectivity index (χ3v) is 3.74. The van der Waals surface area contributed by atoms with Gasteiger partial charge in [0.1, 0.15) is 19.4 Å². The fourth-order valence-corrected chi connectivity index (χ4v) is 2.73. The molecule has 0 spiro atoms. The molecule has 0 fully saturated rings. The predicted molar refractivity (Wildman–Crippen MR) is 83.8 cm³/mol. The van der Waals surface area contributed by atoms with Crippen molar-refractivity contribution < 1.29 is 4.74 Å². The number of imidazole rings is 1. The molecule has 4 rings (SSSR count). The Morgan fingerprint density at radius 1 is 1.18 bits per heavy atom. The van der Waals surface area contributed by atoms with E-state index in [9.17, 15) is 0 Å². The molecular formula is C17H10BN3O. The van der Waals surface area contributed by atoms with Crippen LogP contribution in [0.1, 0.15) is 5.56 Å². The molecule has 0 N–H and O–H groups in total. The molecule has 1 aliphatic rings. The highest BCUT2D eigenvalue weighted by Gasteiger charge is 2.23. The van der Waals surface area contributed by atoms with Crippen LogP contribution in [0.5, 0.6) is 5.75 Å². The molecule has 102 valence electrons. The van der Waals surface area contributed by atoms with E-state index in [1.807, 2.05) is 41.0 Å². The van der Waals surface area contributed by atoms with E-state index in [-0.39, 0.29) is 0 Å². The van der Waals surface area contributed by atoms with Gasteiger partial charge < -0.3 is 4.74 Å². The summed E-state index contributed by atoms with van der Waals surface area (Å²) in [5.41, 5.74) is 3.74. The normalized spacial score (nSPS) is 12.0. The van der Waals surface area contributed by atoms with Gasteiger partial charge in [-0.1, -0.05) is 30.3 Å². The van der Waals surface area contributed by atoms with Gasteiger partial charge in [0.2, 0.25) is 0 Å². The van der Waals surface area contributed by atoms with Gasteiger partial charge in [0.25, 0.3) is 0 Å². The number of aromatic nitrogens is 2. The lowest BCUT2D eigenvalue weighted by atomic mass is 9.98. The van der Waals surface area contributed by atoms with Gasteiger partial charge in [-0.15, -0.1) is 0 Å². The first-order valence-corrected chi connectivity index (χ1v) is 6.86. The van der Waals surface area contributed by atoms with Gasteiger partial charge in [-0.2, -0.15) is 5.26 Å². The van der Waals surface area contributed by atoms with E-state index in [2.05, 4.69) is 11.1 Å². The van der Waals surface area contributed by atoms with Crippen molar-refractivity contribution in [3.05, 3.63) is 54.1 Å². The van der Waals surface area contributed by atoms with Crippen LogP contribution in [0.4, 0.5) is 0 Å². The van der Waals surface area contributed by atoms with Crippen LogP contribution < -0.4 is 10.3 Å². The second-order valence-corrected chi connectivity index (χ2v) is 5.06. The van der Waals surface area contributed by atoms with Gasteiger partial charge in [0.05, 0.1) is 22.9 Å². The van der Waals surface area contributed by atoms with E-state index in [4.69, 9.17) is 17.8 Å². The summed E-state index contributed by atoms with van der Waals surface area (Å²) in [5.74, 6) is 1.43. The monoisotopic (exact) mass is 283 g/mol. The van der Waals surface area contributed by atoms with Crippen LogP contribution >= 0.6 is 0 Å². The summed E-state index contributed by atoms with van der Waals surface area (Å²) in [4.78, 5) is 4.50. The van der Waals surface area contributed by atoms with E-state index in [1.54, 1.807) is 12.1 Å². The molecule has 2 radical (unpaired) electrons. The van der Waals surface area contributed by atoms with Crippen molar-refractivity contribution in [2.45, 2.75) is 6.73 Å². The minimum atomic E-state index is 0.325. The number of rotatable bonds is 1. The summed E-state index contributed by atoms with van der Waals surface area (Å²) in [6, 6.07) is 17.3. The number of ether oxygens (including phenoxy) is 1. The fraction of sp³-hybridized carbons (Fsp3) is 0.0588. The van der Waals surface area contributed by atoms with E-state index < -0.39 is 0 Å². The second kappa shape index (κ2) is 4.78. The minimum Gasteiger partial charge on any atom is -0.472 e. The average molecular weight is 283 g/mol. The maximum Gasteiger partial charge on any atom is 0.166 e. The van der Waals surface area contributed by atoms with E-state index in [0.29, 0.717) is 23.6 Å². The first kappa shape index (κ1) is 12.7. The molecule has 0 bridgehead atoms. The maximum atomic E-state index is 8.98. The van der Waals surface area contributed by atoms with Gasteiger partial charge in [0, 0.05) is 5.59 Å². The van der Waals surface area contributed by atoms with Crippen molar-refractivity contribution in [3.8, 4) is 34.5 Å². The number of nitriles is 1. The Balaban J connectivity index is 1.92. The topological polar surface area (TPSA) is 50.8 Å². The molecular weight excluding hydrogens is 273 g/mol. The Labute approximate surface area is 129 Å². The summed E-state index contributed by atoms with van der Waals surface area (Å²) in [5, 5.41) is 8.98. The SMILES string of the molecule is [B]c1nc2n(c1-c1ccccc1)COc1cc(C#N)ccc1-2. The lowest BCUT2D eigenvalue weighted by Gasteiger charge is -2.21. The summed E-state index contributed by atoms with van der Waals surface area (Å²) >= 11 is 0. The molecule has 2 heterocycles. The van der Waals surface area contributed by atoms with E-state index in [0.717, 1.165) is 22.6 Å². The highest BCUT2D eigenvalue weighted by atomic mass is 16.5. The first-order chi connectivity index (χ1) is 10.8. The first-order valence-electron chi connectivity index (χ1n) is 6.86. The zero-order chi connectivity index (χ0) is 15.1. The Bertz CT molecular complexity index is 910. The summed E-state index contributed by atoms with van der Waals surface area (Å²) in [7, 11) is 6.13. The molecule has 0 atom stereocenters. The Kier molecular flexibility index (Phi) is 2.76. The van der Waals surface area contributed by atoms with Crippen LogP contribution in [0.2, 0.25) is 0 Å². The zero-order valence-electron chi connectivity index (χ0n) is 11.7. The van der Waals surface area contributed by atoms with Crippen molar-refractivity contribution in [1.82, 2.24) is 9.55 Å². The second-order valence-electron chi connectivity index (χ2n) is 5.06. The largest absolute Gasteiger partial charge is 0.472 e. The number of hydrogen-bond acceptors (Lipinski definition) is 3. The van der Waals surface area contributed by atoms with E-state index in [1.165, 1.54) is 0 Å². The zero-order valence-corrected chi connectivity index (χ0v) is 11.7. The average Bonchev–Trinajstić information content (AvgIpc) is 2.91. The Morgan fingerprint density at radius 2 is 2.00 bits per heavy atom.